The molecular weight excluding hydrogens is 461 g/mol. The molecule has 1 fully saturated rings. The van der Waals surface area contributed by atoms with E-state index in [4.69, 9.17) is 16.3 Å². The Kier molecular flexibility index (Phi) is 7.19. The number of carbonyl (C=O) groups excluding carboxylic acids is 3. The number of carbonyl (C=O) groups is 3. The Morgan fingerprint density at radius 1 is 1.18 bits per heavy atom. The number of likely N-dealkylation sites (N-methyl/N-ethyl adjacent to an activating group) is 1. The standard InChI is InChI=1S/C25H27ClFN3O4/c1-15-25(33)29(2)21-14-18(26)13-20(23(21)34-15)24(32)28-9-12-30-10-7-17(8-11-30)22(31)16-3-5-19(27)6-4-16/h3-6,13-15,17H,7-12H2,1-2H3,(H,28,32). The first-order valence-corrected chi connectivity index (χ1v) is 11.7. The van der Waals surface area contributed by atoms with Crippen molar-refractivity contribution in [3.8, 4) is 5.75 Å². The molecule has 2 aliphatic rings. The van der Waals surface area contributed by atoms with Gasteiger partial charge in [-0.2, -0.15) is 0 Å². The summed E-state index contributed by atoms with van der Waals surface area (Å²) in [5.41, 5.74) is 1.30. The average molecular weight is 488 g/mol. The maximum Gasteiger partial charge on any atom is 0.267 e. The maximum absolute atomic E-state index is 13.1. The second kappa shape index (κ2) is 10.1. The number of ether oxygens (including phenoxy) is 1. The molecule has 34 heavy (non-hydrogen) atoms. The van der Waals surface area contributed by atoms with Gasteiger partial charge in [0, 0.05) is 36.6 Å². The molecule has 2 aromatic rings. The van der Waals surface area contributed by atoms with Crippen molar-refractivity contribution in [2.45, 2.75) is 25.9 Å². The van der Waals surface area contributed by atoms with E-state index in [1.807, 2.05) is 0 Å². The van der Waals surface area contributed by atoms with E-state index in [-0.39, 0.29) is 34.9 Å². The number of likely N-dealkylation sites (tertiary alicyclic amines) is 1. The summed E-state index contributed by atoms with van der Waals surface area (Å²) < 4.78 is 18.8. The van der Waals surface area contributed by atoms with Crippen LogP contribution in [-0.4, -0.2) is 61.8 Å². The van der Waals surface area contributed by atoms with Crippen LogP contribution in [0.15, 0.2) is 36.4 Å². The van der Waals surface area contributed by atoms with Crippen molar-refractivity contribution in [1.29, 1.82) is 0 Å². The third kappa shape index (κ3) is 5.08. The van der Waals surface area contributed by atoms with E-state index in [0.717, 1.165) is 25.9 Å². The van der Waals surface area contributed by atoms with E-state index < -0.39 is 6.10 Å². The van der Waals surface area contributed by atoms with E-state index in [9.17, 15) is 18.8 Å². The van der Waals surface area contributed by atoms with Gasteiger partial charge in [-0.25, -0.2) is 4.39 Å². The van der Waals surface area contributed by atoms with Gasteiger partial charge in [-0.3, -0.25) is 14.4 Å². The van der Waals surface area contributed by atoms with Crippen molar-refractivity contribution in [3.63, 3.8) is 0 Å². The lowest BCUT2D eigenvalue weighted by molar-refractivity contribution is -0.125. The molecule has 0 bridgehead atoms. The number of halogens is 2. The Labute approximate surface area is 202 Å². The summed E-state index contributed by atoms with van der Waals surface area (Å²) in [6.45, 7) is 4.19. The summed E-state index contributed by atoms with van der Waals surface area (Å²) >= 11 is 6.19. The average Bonchev–Trinajstić information content (AvgIpc) is 2.83. The second-order valence-electron chi connectivity index (χ2n) is 8.70. The first-order chi connectivity index (χ1) is 16.2. The molecule has 1 saturated heterocycles. The van der Waals surface area contributed by atoms with Gasteiger partial charge in [0.2, 0.25) is 0 Å². The highest BCUT2D eigenvalue weighted by Crippen LogP contribution is 2.39. The largest absolute Gasteiger partial charge is 0.478 e. The number of nitrogens with zero attached hydrogens (tertiary/aromatic N) is 2. The predicted molar refractivity (Wildman–Crippen MR) is 127 cm³/mol. The van der Waals surface area contributed by atoms with Crippen molar-refractivity contribution in [3.05, 3.63) is 58.4 Å². The summed E-state index contributed by atoms with van der Waals surface area (Å²) in [5.74, 6) is -0.563. The van der Waals surface area contributed by atoms with Gasteiger partial charge in [0.05, 0.1) is 11.3 Å². The van der Waals surface area contributed by atoms with Crippen LogP contribution in [0.4, 0.5) is 10.1 Å². The molecule has 4 rings (SSSR count). The van der Waals surface area contributed by atoms with Crippen LogP contribution in [0.5, 0.6) is 5.75 Å². The monoisotopic (exact) mass is 487 g/mol. The molecule has 1 atom stereocenters. The summed E-state index contributed by atoms with van der Waals surface area (Å²) in [6.07, 6.45) is 0.750. The minimum atomic E-state index is -0.691. The molecule has 2 aliphatic heterocycles. The van der Waals surface area contributed by atoms with E-state index in [1.165, 1.54) is 29.2 Å². The van der Waals surface area contributed by atoms with Crippen molar-refractivity contribution < 1.29 is 23.5 Å². The van der Waals surface area contributed by atoms with E-state index in [2.05, 4.69) is 10.2 Å². The molecule has 2 heterocycles. The topological polar surface area (TPSA) is 79.0 Å². The van der Waals surface area contributed by atoms with Crippen LogP contribution in [0.1, 0.15) is 40.5 Å². The Morgan fingerprint density at radius 3 is 2.53 bits per heavy atom. The number of hydrogen-bond donors (Lipinski definition) is 1. The number of amides is 2. The Hall–Kier alpha value is -2.97. The smallest absolute Gasteiger partial charge is 0.267 e. The van der Waals surface area contributed by atoms with Gasteiger partial charge in [-0.05, 0) is 69.3 Å². The quantitative estimate of drug-likeness (QED) is 0.630. The molecule has 1 N–H and O–H groups in total. The zero-order valence-corrected chi connectivity index (χ0v) is 19.9. The first-order valence-electron chi connectivity index (χ1n) is 11.3. The minimum absolute atomic E-state index is 0.0522. The molecule has 2 aromatic carbocycles. The van der Waals surface area contributed by atoms with E-state index in [0.29, 0.717) is 35.1 Å². The highest BCUT2D eigenvalue weighted by molar-refractivity contribution is 6.31. The molecule has 2 amide bonds. The van der Waals surface area contributed by atoms with Crippen LogP contribution >= 0.6 is 11.6 Å². The fourth-order valence-corrected chi connectivity index (χ4v) is 4.64. The summed E-state index contributed by atoms with van der Waals surface area (Å²) in [4.78, 5) is 41.4. The van der Waals surface area contributed by atoms with Gasteiger partial charge in [0.15, 0.2) is 17.6 Å². The summed E-state index contributed by atoms with van der Waals surface area (Å²) in [5, 5.41) is 3.25. The Morgan fingerprint density at radius 2 is 1.85 bits per heavy atom. The number of fused-ring (bicyclic) bond motifs is 1. The van der Waals surface area contributed by atoms with Gasteiger partial charge in [-0.1, -0.05) is 11.6 Å². The van der Waals surface area contributed by atoms with Crippen LogP contribution in [0.3, 0.4) is 0 Å². The first kappa shape index (κ1) is 24.2. The van der Waals surface area contributed by atoms with Crippen LogP contribution < -0.4 is 15.0 Å². The summed E-state index contributed by atoms with van der Waals surface area (Å²) in [6, 6.07) is 8.83. The zero-order chi connectivity index (χ0) is 24.4. The van der Waals surface area contributed by atoms with Crippen molar-refractivity contribution in [2.75, 3.05) is 38.1 Å². The van der Waals surface area contributed by atoms with Gasteiger partial charge in [0.1, 0.15) is 5.82 Å². The molecular formula is C25H27ClFN3O4. The third-order valence-corrected chi connectivity index (χ3v) is 6.63. The Balaban J connectivity index is 1.30. The zero-order valence-electron chi connectivity index (χ0n) is 19.1. The molecule has 0 radical (unpaired) electrons. The van der Waals surface area contributed by atoms with Gasteiger partial charge >= 0.3 is 0 Å². The molecule has 0 aromatic heterocycles. The summed E-state index contributed by atoms with van der Waals surface area (Å²) in [7, 11) is 1.63. The van der Waals surface area contributed by atoms with Crippen molar-refractivity contribution in [1.82, 2.24) is 10.2 Å². The molecule has 0 spiro atoms. The number of ketones is 1. The lowest BCUT2D eigenvalue weighted by Crippen LogP contribution is -2.43. The van der Waals surface area contributed by atoms with E-state index >= 15 is 0 Å². The fraction of sp³-hybridized carbons (Fsp3) is 0.400. The van der Waals surface area contributed by atoms with E-state index in [1.54, 1.807) is 26.1 Å². The molecule has 0 aliphatic carbocycles. The Bertz CT molecular complexity index is 1100. The molecule has 7 nitrogen and oxygen atoms in total. The SMILES string of the molecule is CC1Oc2c(C(=O)NCCN3CCC(C(=O)c4ccc(F)cc4)CC3)cc(Cl)cc2N(C)C1=O. The van der Waals surface area contributed by atoms with Crippen LogP contribution in [0, 0.1) is 11.7 Å². The van der Waals surface area contributed by atoms with Crippen molar-refractivity contribution in [2.24, 2.45) is 5.92 Å². The molecule has 0 saturated carbocycles. The van der Waals surface area contributed by atoms with Gasteiger partial charge in [0.25, 0.3) is 11.8 Å². The number of nitrogens with one attached hydrogen (secondary N) is 1. The number of rotatable bonds is 6. The van der Waals surface area contributed by atoms with Crippen LogP contribution in [0.25, 0.3) is 0 Å². The second-order valence-corrected chi connectivity index (χ2v) is 9.14. The van der Waals surface area contributed by atoms with Crippen molar-refractivity contribution >= 4 is 34.9 Å². The van der Waals surface area contributed by atoms with Crippen LogP contribution in [-0.2, 0) is 4.79 Å². The number of anilines is 1. The molecule has 9 heteroatoms. The predicted octanol–water partition coefficient (Wildman–Crippen LogP) is 3.55. The maximum atomic E-state index is 13.1. The number of benzene rings is 2. The highest BCUT2D eigenvalue weighted by Gasteiger charge is 2.33. The number of hydrogen-bond acceptors (Lipinski definition) is 5. The third-order valence-electron chi connectivity index (χ3n) is 6.41. The number of piperidine rings is 1. The normalized spacial score (nSPS) is 18.9. The lowest BCUT2D eigenvalue weighted by atomic mass is 9.89. The number of Topliss-reactive ketones (excluding diaryl/α,β-unsaturated/α-hetero) is 1. The fourth-order valence-electron chi connectivity index (χ4n) is 4.43. The highest BCUT2D eigenvalue weighted by atomic mass is 35.5. The molecule has 180 valence electrons. The van der Waals surface area contributed by atoms with Gasteiger partial charge < -0.3 is 19.9 Å². The molecule has 1 unspecified atom stereocenters. The van der Waals surface area contributed by atoms with Gasteiger partial charge in [-0.15, -0.1) is 0 Å². The minimum Gasteiger partial charge on any atom is -0.478 e. The lowest BCUT2D eigenvalue weighted by Gasteiger charge is -2.32. The van der Waals surface area contributed by atoms with Crippen LogP contribution in [0.2, 0.25) is 5.02 Å².